The molecule has 9 nitrogen and oxygen atoms in total. The molecule has 0 atom stereocenters. The first-order valence-corrected chi connectivity index (χ1v) is 11.7. The van der Waals surface area contributed by atoms with Crippen molar-refractivity contribution in [1.29, 1.82) is 0 Å². The highest BCUT2D eigenvalue weighted by molar-refractivity contribution is 6.03. The molecule has 2 amide bonds. The number of hydrogen-bond acceptors (Lipinski definition) is 6. The Morgan fingerprint density at radius 2 is 1.85 bits per heavy atom. The van der Waals surface area contributed by atoms with E-state index in [2.05, 4.69) is 20.5 Å². The Kier molecular flexibility index (Phi) is 5.77. The number of esters is 1. The Morgan fingerprint density at radius 1 is 1.09 bits per heavy atom. The lowest BCUT2D eigenvalue weighted by molar-refractivity contribution is -0.149. The number of rotatable bonds is 6. The van der Waals surface area contributed by atoms with E-state index in [-0.39, 0.29) is 36.3 Å². The van der Waals surface area contributed by atoms with Gasteiger partial charge in [0.05, 0.1) is 0 Å². The SMILES string of the molecule is NC(=O)C1(OC(=O)c2nccc3ccccc23)CC(c2cc(NC(=O)C3CCCCC3)n[nH]2)C1. The predicted octanol–water partition coefficient (Wildman–Crippen LogP) is 3.44. The van der Waals surface area contributed by atoms with Gasteiger partial charge in [0.15, 0.2) is 17.1 Å². The highest BCUT2D eigenvalue weighted by Crippen LogP contribution is 2.47. The molecule has 0 bridgehead atoms. The minimum absolute atomic E-state index is 0.00522. The number of nitrogens with zero attached hydrogens (tertiary/aromatic N) is 2. The number of H-pyrrole nitrogens is 1. The number of ether oxygens (including phenoxy) is 1. The van der Waals surface area contributed by atoms with E-state index >= 15 is 0 Å². The third-order valence-corrected chi connectivity index (χ3v) is 7.02. The van der Waals surface area contributed by atoms with E-state index in [9.17, 15) is 14.4 Å². The molecular weight excluding hydrogens is 434 g/mol. The van der Waals surface area contributed by atoms with Crippen LogP contribution in [0.25, 0.3) is 10.8 Å². The van der Waals surface area contributed by atoms with Crippen LogP contribution in [0.4, 0.5) is 5.82 Å². The number of primary amides is 1. The molecule has 9 heteroatoms. The van der Waals surface area contributed by atoms with E-state index < -0.39 is 17.5 Å². The van der Waals surface area contributed by atoms with Gasteiger partial charge in [-0.3, -0.25) is 14.7 Å². The molecule has 4 N–H and O–H groups in total. The standard InChI is InChI=1S/C25H27N5O4/c26-24(33)25(34-23(32)21-18-9-5-4-6-15(18)10-11-27-21)13-17(14-25)19-12-20(30-29-19)28-22(31)16-7-2-1-3-8-16/h4-6,9-12,16-17H,1-3,7-8,13-14H2,(H2,26,33)(H2,28,29,30,31). The number of aromatic amines is 1. The number of nitrogens with two attached hydrogens (primary N) is 1. The summed E-state index contributed by atoms with van der Waals surface area (Å²) < 4.78 is 5.65. The fourth-order valence-corrected chi connectivity index (χ4v) is 5.00. The van der Waals surface area contributed by atoms with E-state index in [1.807, 2.05) is 18.2 Å². The number of fused-ring (bicyclic) bond motifs is 1. The molecule has 2 fully saturated rings. The summed E-state index contributed by atoms with van der Waals surface area (Å²) in [5.41, 5.74) is 5.15. The van der Waals surface area contributed by atoms with Gasteiger partial charge in [-0.25, -0.2) is 9.78 Å². The van der Waals surface area contributed by atoms with Crippen molar-refractivity contribution in [3.63, 3.8) is 0 Å². The first-order valence-electron chi connectivity index (χ1n) is 11.7. The molecule has 0 unspecified atom stereocenters. The van der Waals surface area contributed by atoms with Crippen LogP contribution in [0, 0.1) is 5.92 Å². The van der Waals surface area contributed by atoms with Gasteiger partial charge in [-0.2, -0.15) is 5.10 Å². The van der Waals surface area contributed by atoms with Gasteiger partial charge in [0.1, 0.15) is 0 Å². The Bertz CT molecular complexity index is 1240. The van der Waals surface area contributed by atoms with Crippen LogP contribution in [-0.2, 0) is 14.3 Å². The summed E-state index contributed by atoms with van der Waals surface area (Å²) in [4.78, 5) is 41.9. The Morgan fingerprint density at radius 3 is 2.62 bits per heavy atom. The first kappa shape index (κ1) is 22.1. The summed E-state index contributed by atoms with van der Waals surface area (Å²) in [6, 6.07) is 10.9. The molecule has 0 spiro atoms. The summed E-state index contributed by atoms with van der Waals surface area (Å²) >= 11 is 0. The van der Waals surface area contributed by atoms with Crippen molar-refractivity contribution in [2.24, 2.45) is 11.7 Å². The molecule has 5 rings (SSSR count). The molecule has 2 aliphatic rings. The van der Waals surface area contributed by atoms with Gasteiger partial charge in [-0.1, -0.05) is 43.5 Å². The second-order valence-electron chi connectivity index (χ2n) is 9.27. The largest absolute Gasteiger partial charge is 0.444 e. The number of anilines is 1. The Hall–Kier alpha value is -3.75. The van der Waals surface area contributed by atoms with Gasteiger partial charge in [0.2, 0.25) is 5.91 Å². The molecule has 0 radical (unpaired) electrons. The van der Waals surface area contributed by atoms with Gasteiger partial charge in [-0.15, -0.1) is 0 Å². The molecule has 2 saturated carbocycles. The lowest BCUT2D eigenvalue weighted by Crippen LogP contribution is -2.56. The second kappa shape index (κ2) is 8.89. The predicted molar refractivity (Wildman–Crippen MR) is 125 cm³/mol. The highest BCUT2D eigenvalue weighted by Gasteiger charge is 2.54. The zero-order chi connectivity index (χ0) is 23.7. The van der Waals surface area contributed by atoms with Crippen LogP contribution in [0.5, 0.6) is 0 Å². The van der Waals surface area contributed by atoms with Crippen molar-refractivity contribution in [3.8, 4) is 0 Å². The number of amides is 2. The van der Waals surface area contributed by atoms with E-state index in [0.29, 0.717) is 11.2 Å². The number of pyridine rings is 1. The van der Waals surface area contributed by atoms with Gasteiger partial charge in [0, 0.05) is 48.0 Å². The second-order valence-corrected chi connectivity index (χ2v) is 9.27. The molecule has 176 valence electrons. The number of nitrogens with one attached hydrogen (secondary N) is 2. The smallest absolute Gasteiger partial charge is 0.358 e. The van der Waals surface area contributed by atoms with Crippen LogP contribution in [-0.4, -0.2) is 38.6 Å². The molecule has 3 aromatic rings. The maximum absolute atomic E-state index is 12.9. The summed E-state index contributed by atoms with van der Waals surface area (Å²) in [5.74, 6) is -0.994. The van der Waals surface area contributed by atoms with Crippen molar-refractivity contribution in [3.05, 3.63) is 54.0 Å². The van der Waals surface area contributed by atoms with Crippen molar-refractivity contribution in [2.45, 2.75) is 56.5 Å². The average Bonchev–Trinajstić information content (AvgIpc) is 3.28. The third kappa shape index (κ3) is 4.13. The first-order chi connectivity index (χ1) is 16.4. The van der Waals surface area contributed by atoms with Crippen LogP contribution < -0.4 is 11.1 Å². The van der Waals surface area contributed by atoms with Crippen molar-refractivity contribution < 1.29 is 19.1 Å². The van der Waals surface area contributed by atoms with Crippen LogP contribution in [0.3, 0.4) is 0 Å². The molecule has 2 aromatic heterocycles. The molecule has 2 aliphatic carbocycles. The maximum atomic E-state index is 12.9. The fraction of sp³-hybridized carbons (Fsp3) is 0.400. The minimum Gasteiger partial charge on any atom is -0.444 e. The lowest BCUT2D eigenvalue weighted by Gasteiger charge is -2.43. The van der Waals surface area contributed by atoms with Crippen LogP contribution in [0.1, 0.15) is 67.0 Å². The number of benzene rings is 1. The minimum atomic E-state index is -1.41. The monoisotopic (exact) mass is 461 g/mol. The quantitative estimate of drug-likeness (QED) is 0.481. The van der Waals surface area contributed by atoms with Crippen molar-refractivity contribution in [1.82, 2.24) is 15.2 Å². The number of carbonyl (C=O) groups is 3. The summed E-state index contributed by atoms with van der Waals surface area (Å²) in [5, 5.41) is 11.5. The van der Waals surface area contributed by atoms with Crippen LogP contribution in [0.15, 0.2) is 42.6 Å². The third-order valence-electron chi connectivity index (χ3n) is 7.02. The van der Waals surface area contributed by atoms with E-state index in [1.54, 1.807) is 18.2 Å². The zero-order valence-electron chi connectivity index (χ0n) is 18.8. The normalized spacial score (nSPS) is 22.6. The van der Waals surface area contributed by atoms with Crippen molar-refractivity contribution in [2.75, 3.05) is 5.32 Å². The summed E-state index contributed by atoms with van der Waals surface area (Å²) in [7, 11) is 0. The number of carbonyl (C=O) groups excluding carboxylic acids is 3. The van der Waals surface area contributed by atoms with E-state index in [1.165, 1.54) is 12.6 Å². The molecule has 2 heterocycles. The topological polar surface area (TPSA) is 140 Å². The van der Waals surface area contributed by atoms with E-state index in [0.717, 1.165) is 36.8 Å². The number of hydrogen-bond donors (Lipinski definition) is 3. The van der Waals surface area contributed by atoms with Crippen LogP contribution in [0.2, 0.25) is 0 Å². The Labute approximate surface area is 196 Å². The van der Waals surface area contributed by atoms with Gasteiger partial charge >= 0.3 is 5.97 Å². The molecule has 0 saturated heterocycles. The van der Waals surface area contributed by atoms with Gasteiger partial charge in [-0.05, 0) is 24.3 Å². The van der Waals surface area contributed by atoms with Crippen LogP contribution >= 0.6 is 0 Å². The van der Waals surface area contributed by atoms with Gasteiger partial charge < -0.3 is 15.8 Å². The highest BCUT2D eigenvalue weighted by atomic mass is 16.6. The lowest BCUT2D eigenvalue weighted by atomic mass is 9.68. The average molecular weight is 462 g/mol. The fourth-order valence-electron chi connectivity index (χ4n) is 5.00. The van der Waals surface area contributed by atoms with Gasteiger partial charge in [0.25, 0.3) is 5.91 Å². The van der Waals surface area contributed by atoms with Crippen molar-refractivity contribution >= 4 is 34.4 Å². The summed E-state index contributed by atoms with van der Waals surface area (Å²) in [6.45, 7) is 0. The van der Waals surface area contributed by atoms with E-state index in [4.69, 9.17) is 10.5 Å². The molecular formula is C25H27N5O4. The molecule has 34 heavy (non-hydrogen) atoms. The molecule has 1 aromatic carbocycles. The summed E-state index contributed by atoms with van der Waals surface area (Å²) in [6.07, 6.45) is 7.15. The molecule has 0 aliphatic heterocycles. The Balaban J connectivity index is 1.25. The zero-order valence-corrected chi connectivity index (χ0v) is 18.8. The maximum Gasteiger partial charge on any atom is 0.358 e. The number of aromatic nitrogens is 3.